The van der Waals surface area contributed by atoms with Gasteiger partial charge in [-0.2, -0.15) is 5.26 Å². The second-order valence-electron chi connectivity index (χ2n) is 8.15. The minimum Gasteiger partial charge on any atom is -0.404 e. The van der Waals surface area contributed by atoms with E-state index >= 15 is 0 Å². The fraction of sp³-hybridized carbons (Fsp3) is 0.579. The average molecular weight is 410 g/mol. The van der Waals surface area contributed by atoms with Gasteiger partial charge in [0.15, 0.2) is 0 Å². The monoisotopic (exact) mass is 410 g/mol. The highest BCUT2D eigenvalue weighted by atomic mass is 19.4. The lowest BCUT2D eigenvalue weighted by atomic mass is 9.65. The van der Waals surface area contributed by atoms with Crippen molar-refractivity contribution >= 4 is 11.6 Å². The third kappa shape index (κ3) is 2.38. The molecule has 0 saturated carbocycles. The van der Waals surface area contributed by atoms with Crippen LogP contribution in [0.4, 0.5) is 18.9 Å². The van der Waals surface area contributed by atoms with E-state index in [0.29, 0.717) is 12.8 Å². The molecule has 7 nitrogen and oxygen atoms in total. The zero-order chi connectivity index (χ0) is 20.8. The number of anilines is 1. The Kier molecular flexibility index (Phi) is 3.62. The molecule has 2 bridgehead atoms. The van der Waals surface area contributed by atoms with E-state index in [2.05, 4.69) is 4.74 Å². The molecule has 4 aliphatic rings. The predicted octanol–water partition coefficient (Wildman–Crippen LogP) is 2.07. The molecule has 0 aliphatic carbocycles. The van der Waals surface area contributed by atoms with Gasteiger partial charge >= 0.3 is 6.36 Å². The molecule has 6 atom stereocenters. The van der Waals surface area contributed by atoms with Gasteiger partial charge in [0.1, 0.15) is 23.6 Å². The highest BCUT2D eigenvalue weighted by Gasteiger charge is 2.78. The molecule has 154 valence electrons. The summed E-state index contributed by atoms with van der Waals surface area (Å²) >= 11 is 0. The van der Waals surface area contributed by atoms with Crippen molar-refractivity contribution < 1.29 is 37.3 Å². The number of nitrogens with zero attached hydrogens (tertiary/aromatic N) is 2. The van der Waals surface area contributed by atoms with Gasteiger partial charge in [0.2, 0.25) is 5.91 Å². The van der Waals surface area contributed by atoms with Gasteiger partial charge in [-0.05, 0) is 19.1 Å². The van der Waals surface area contributed by atoms with Crippen LogP contribution in [-0.2, 0) is 14.3 Å². The van der Waals surface area contributed by atoms with Gasteiger partial charge in [-0.15, -0.1) is 13.2 Å². The van der Waals surface area contributed by atoms with Crippen LogP contribution in [0.5, 0.6) is 5.75 Å². The highest BCUT2D eigenvalue weighted by molar-refractivity contribution is 6.00. The highest BCUT2D eigenvalue weighted by Crippen LogP contribution is 2.65. The van der Waals surface area contributed by atoms with Crippen LogP contribution in [0.25, 0.3) is 0 Å². The molecule has 5 rings (SSSR count). The maximum Gasteiger partial charge on any atom is 0.573 e. The van der Waals surface area contributed by atoms with E-state index in [-0.39, 0.29) is 23.8 Å². The van der Waals surface area contributed by atoms with Crippen molar-refractivity contribution in [3.63, 3.8) is 0 Å². The van der Waals surface area contributed by atoms with E-state index < -0.39 is 47.5 Å². The number of halogens is 3. The van der Waals surface area contributed by atoms with Crippen molar-refractivity contribution in [1.29, 1.82) is 5.26 Å². The third-order valence-electron chi connectivity index (χ3n) is 6.60. The van der Waals surface area contributed by atoms with Crippen molar-refractivity contribution in [2.24, 2.45) is 11.8 Å². The fourth-order valence-electron chi connectivity index (χ4n) is 5.64. The van der Waals surface area contributed by atoms with Gasteiger partial charge in [0.05, 0.1) is 41.4 Å². The van der Waals surface area contributed by atoms with Gasteiger partial charge in [0.25, 0.3) is 0 Å². The summed E-state index contributed by atoms with van der Waals surface area (Å²) in [6, 6.07) is 5.25. The summed E-state index contributed by atoms with van der Waals surface area (Å²) in [6.45, 7) is 2.02. The Labute approximate surface area is 163 Å². The van der Waals surface area contributed by atoms with Crippen LogP contribution in [0.2, 0.25) is 0 Å². The number of carbonyl (C=O) groups is 1. The van der Waals surface area contributed by atoms with Crippen LogP contribution in [0.1, 0.15) is 25.3 Å². The Morgan fingerprint density at radius 3 is 2.86 bits per heavy atom. The van der Waals surface area contributed by atoms with Crippen LogP contribution >= 0.6 is 0 Å². The van der Waals surface area contributed by atoms with Gasteiger partial charge in [0, 0.05) is 18.9 Å². The third-order valence-corrected chi connectivity index (χ3v) is 6.60. The number of amides is 1. The average Bonchev–Trinajstić information content (AvgIpc) is 3.17. The number of carbonyl (C=O) groups excluding carboxylic acids is 1. The van der Waals surface area contributed by atoms with Crippen molar-refractivity contribution in [2.75, 3.05) is 11.5 Å². The Hall–Kier alpha value is -2.35. The summed E-state index contributed by atoms with van der Waals surface area (Å²) in [6.07, 6.45) is -5.73. The molecule has 1 amide bonds. The maximum absolute atomic E-state index is 13.3. The number of nitriles is 1. The van der Waals surface area contributed by atoms with E-state index in [4.69, 9.17) is 14.7 Å². The molecular weight excluding hydrogens is 393 g/mol. The predicted molar refractivity (Wildman–Crippen MR) is 89.5 cm³/mol. The second kappa shape index (κ2) is 5.62. The zero-order valence-corrected chi connectivity index (χ0v) is 15.3. The largest absolute Gasteiger partial charge is 0.573 e. The first-order chi connectivity index (χ1) is 13.6. The first-order valence-electron chi connectivity index (χ1n) is 9.22. The number of hydrogen-bond acceptors (Lipinski definition) is 6. The lowest BCUT2D eigenvalue weighted by molar-refractivity contribution is -0.274. The smallest absolute Gasteiger partial charge is 0.404 e. The van der Waals surface area contributed by atoms with Crippen LogP contribution in [0, 0.1) is 23.2 Å². The van der Waals surface area contributed by atoms with Crippen LogP contribution in [-0.4, -0.2) is 47.5 Å². The number of aliphatic hydroxyl groups excluding tert-OH is 1. The number of aliphatic hydroxyl groups is 1. The van der Waals surface area contributed by atoms with Crippen LogP contribution in [0.15, 0.2) is 18.2 Å². The summed E-state index contributed by atoms with van der Waals surface area (Å²) in [5.41, 5.74) is -1.92. The Bertz CT molecular complexity index is 947. The Morgan fingerprint density at radius 1 is 1.41 bits per heavy atom. The first kappa shape index (κ1) is 18.7. The van der Waals surface area contributed by atoms with Gasteiger partial charge in [-0.3, -0.25) is 9.69 Å². The molecule has 0 unspecified atom stereocenters. The second-order valence-corrected chi connectivity index (χ2v) is 8.15. The lowest BCUT2D eigenvalue weighted by Crippen LogP contribution is -2.56. The van der Waals surface area contributed by atoms with Crippen molar-refractivity contribution in [3.8, 4) is 11.8 Å². The van der Waals surface area contributed by atoms with Gasteiger partial charge in [-0.25, -0.2) is 0 Å². The molecule has 1 aromatic carbocycles. The zero-order valence-electron chi connectivity index (χ0n) is 15.3. The minimum atomic E-state index is -4.98. The fourth-order valence-corrected chi connectivity index (χ4v) is 5.64. The SMILES string of the molecule is C[C@@]12C[C@@H](O)[C@]3(CCO[C@H]4[C@@H]3[C@@H]1C(=O)N4c1ccc(C#N)c(OC(F)(F)F)c1)O2. The molecule has 4 heterocycles. The molecule has 1 spiro atoms. The molecule has 10 heteroatoms. The molecule has 29 heavy (non-hydrogen) atoms. The Balaban J connectivity index is 1.58. The first-order valence-corrected chi connectivity index (χ1v) is 9.22. The van der Waals surface area contributed by atoms with E-state index in [0.717, 1.165) is 6.07 Å². The summed E-state index contributed by atoms with van der Waals surface area (Å²) in [7, 11) is 0. The standard InChI is InChI=1S/C19H17F3N2O5/c1-17-7-12(25)18(29-17)4-5-27-16-14(18)13(17)15(26)24(16)10-3-2-9(8-23)11(6-10)28-19(20,21)22/h2-3,6,12-14,16,25H,4-5,7H2,1H3/t12-,13-,14+,16+,17-,18+/m1/s1. The van der Waals surface area contributed by atoms with E-state index in [9.17, 15) is 23.1 Å². The quantitative estimate of drug-likeness (QED) is 0.803. The van der Waals surface area contributed by atoms with Crippen molar-refractivity contribution in [1.82, 2.24) is 0 Å². The molecule has 0 aromatic heterocycles. The molecular formula is C19H17F3N2O5. The normalized spacial score (nSPS) is 40.1. The number of hydrogen-bond donors (Lipinski definition) is 1. The van der Waals surface area contributed by atoms with E-state index in [1.165, 1.54) is 17.0 Å². The van der Waals surface area contributed by atoms with Crippen LogP contribution < -0.4 is 9.64 Å². The molecule has 4 aliphatic heterocycles. The maximum atomic E-state index is 13.3. The number of benzene rings is 1. The Morgan fingerprint density at radius 2 is 2.17 bits per heavy atom. The minimum absolute atomic E-state index is 0.141. The molecule has 4 saturated heterocycles. The summed E-state index contributed by atoms with van der Waals surface area (Å²) < 4.78 is 54.3. The summed E-state index contributed by atoms with van der Waals surface area (Å²) in [5.74, 6) is -2.02. The molecule has 1 N–H and O–H groups in total. The number of rotatable bonds is 2. The van der Waals surface area contributed by atoms with Gasteiger partial charge < -0.3 is 19.3 Å². The summed E-state index contributed by atoms with van der Waals surface area (Å²) in [4.78, 5) is 14.6. The molecule has 0 radical (unpaired) electrons. The lowest BCUT2D eigenvalue weighted by Gasteiger charge is -2.43. The number of alkyl halides is 3. The molecule has 1 aromatic rings. The molecule has 4 fully saturated rings. The van der Waals surface area contributed by atoms with Crippen molar-refractivity contribution in [2.45, 2.75) is 49.7 Å². The summed E-state index contributed by atoms with van der Waals surface area (Å²) in [5, 5.41) is 19.7. The van der Waals surface area contributed by atoms with E-state index in [1.54, 1.807) is 13.0 Å². The number of ether oxygens (including phenoxy) is 3. The van der Waals surface area contributed by atoms with E-state index in [1.807, 2.05) is 0 Å². The van der Waals surface area contributed by atoms with Gasteiger partial charge in [-0.1, -0.05) is 0 Å². The topological polar surface area (TPSA) is 92.0 Å². The van der Waals surface area contributed by atoms with Crippen LogP contribution in [0.3, 0.4) is 0 Å². The van der Waals surface area contributed by atoms with Crippen molar-refractivity contribution in [3.05, 3.63) is 23.8 Å². The number of fused-ring (bicyclic) bond motifs is 2.